The molecule has 2 rings (SSSR count). The zero-order valence-corrected chi connectivity index (χ0v) is 13.0. The minimum atomic E-state index is -0.168. The van der Waals surface area contributed by atoms with Crippen molar-refractivity contribution < 1.29 is 9.47 Å². The number of nitrogens with zero attached hydrogens (tertiary/aromatic N) is 2. The molecule has 1 atom stereocenters. The molecule has 2 aromatic rings. The number of aromatic nitrogens is 2. The van der Waals surface area contributed by atoms with E-state index in [0.717, 1.165) is 29.2 Å². The molecule has 21 heavy (non-hydrogen) atoms. The smallest absolute Gasteiger partial charge is 0.161 e. The maximum absolute atomic E-state index is 6.38. The standard InChI is InChI=1S/C16H23N3O2/c1-11(2)19-16(15(21-4)10-18-19)14(17)9-12-5-7-13(20-3)8-6-12/h5-8,10-11,14H,9,17H2,1-4H3. The second kappa shape index (κ2) is 6.63. The molecular weight excluding hydrogens is 266 g/mol. The number of ether oxygens (including phenoxy) is 2. The summed E-state index contributed by atoms with van der Waals surface area (Å²) in [5.41, 5.74) is 8.47. The molecule has 0 spiro atoms. The van der Waals surface area contributed by atoms with Gasteiger partial charge in [0.15, 0.2) is 5.75 Å². The highest BCUT2D eigenvalue weighted by Crippen LogP contribution is 2.28. The van der Waals surface area contributed by atoms with Gasteiger partial charge in [-0.3, -0.25) is 4.68 Å². The van der Waals surface area contributed by atoms with Gasteiger partial charge in [0, 0.05) is 6.04 Å². The Bertz CT molecular complexity index is 576. The van der Waals surface area contributed by atoms with E-state index in [1.807, 2.05) is 28.9 Å². The molecule has 0 saturated heterocycles. The summed E-state index contributed by atoms with van der Waals surface area (Å²) in [6, 6.07) is 8.02. The Hall–Kier alpha value is -2.01. The first-order valence-electron chi connectivity index (χ1n) is 7.06. The van der Waals surface area contributed by atoms with Crippen LogP contribution in [0.3, 0.4) is 0 Å². The minimum Gasteiger partial charge on any atom is -0.497 e. The molecule has 0 aliphatic rings. The summed E-state index contributed by atoms with van der Waals surface area (Å²) in [6.07, 6.45) is 2.45. The Morgan fingerprint density at radius 1 is 1.14 bits per heavy atom. The molecule has 0 saturated carbocycles. The maximum atomic E-state index is 6.38. The van der Waals surface area contributed by atoms with E-state index in [-0.39, 0.29) is 12.1 Å². The van der Waals surface area contributed by atoms with Gasteiger partial charge in [-0.25, -0.2) is 0 Å². The van der Waals surface area contributed by atoms with Crippen LogP contribution in [0.5, 0.6) is 11.5 Å². The van der Waals surface area contributed by atoms with Crippen LogP contribution in [-0.2, 0) is 6.42 Å². The molecule has 0 aliphatic carbocycles. The fourth-order valence-electron chi connectivity index (χ4n) is 2.39. The topological polar surface area (TPSA) is 62.3 Å². The average molecular weight is 289 g/mol. The fourth-order valence-corrected chi connectivity index (χ4v) is 2.39. The summed E-state index contributed by atoms with van der Waals surface area (Å²) >= 11 is 0. The number of rotatable bonds is 6. The summed E-state index contributed by atoms with van der Waals surface area (Å²) in [5.74, 6) is 1.59. The number of hydrogen-bond donors (Lipinski definition) is 1. The van der Waals surface area contributed by atoms with Gasteiger partial charge < -0.3 is 15.2 Å². The first-order valence-corrected chi connectivity index (χ1v) is 7.06. The lowest BCUT2D eigenvalue weighted by Crippen LogP contribution is -2.20. The van der Waals surface area contributed by atoms with Crippen LogP contribution in [0.1, 0.15) is 37.2 Å². The van der Waals surface area contributed by atoms with Gasteiger partial charge in [-0.1, -0.05) is 12.1 Å². The largest absolute Gasteiger partial charge is 0.497 e. The van der Waals surface area contributed by atoms with Gasteiger partial charge in [0.05, 0.1) is 32.2 Å². The van der Waals surface area contributed by atoms with Gasteiger partial charge in [0.25, 0.3) is 0 Å². The molecule has 0 bridgehead atoms. The van der Waals surface area contributed by atoms with Crippen LogP contribution in [0.4, 0.5) is 0 Å². The predicted molar refractivity (Wildman–Crippen MR) is 82.8 cm³/mol. The van der Waals surface area contributed by atoms with Crippen LogP contribution in [-0.4, -0.2) is 24.0 Å². The van der Waals surface area contributed by atoms with E-state index in [2.05, 4.69) is 18.9 Å². The summed E-state index contributed by atoms with van der Waals surface area (Å²) in [7, 11) is 3.30. The van der Waals surface area contributed by atoms with Crippen LogP contribution in [0.2, 0.25) is 0 Å². The van der Waals surface area contributed by atoms with Crippen LogP contribution in [0.25, 0.3) is 0 Å². The molecule has 2 N–H and O–H groups in total. The zero-order chi connectivity index (χ0) is 15.4. The lowest BCUT2D eigenvalue weighted by molar-refractivity contribution is 0.396. The van der Waals surface area contributed by atoms with E-state index in [0.29, 0.717) is 0 Å². The van der Waals surface area contributed by atoms with E-state index in [4.69, 9.17) is 15.2 Å². The normalized spacial score (nSPS) is 12.5. The van der Waals surface area contributed by atoms with E-state index >= 15 is 0 Å². The lowest BCUT2D eigenvalue weighted by atomic mass is 10.0. The Morgan fingerprint density at radius 2 is 1.81 bits per heavy atom. The summed E-state index contributed by atoms with van der Waals surface area (Å²) < 4.78 is 12.5. The third kappa shape index (κ3) is 3.36. The highest BCUT2D eigenvalue weighted by molar-refractivity contribution is 5.32. The SMILES string of the molecule is COc1ccc(CC(N)c2c(OC)cnn2C(C)C)cc1. The van der Waals surface area contributed by atoms with E-state index in [1.165, 1.54) is 0 Å². The molecule has 0 aliphatic heterocycles. The van der Waals surface area contributed by atoms with Crippen molar-refractivity contribution in [2.75, 3.05) is 14.2 Å². The van der Waals surface area contributed by atoms with Crippen molar-refractivity contribution in [3.8, 4) is 11.5 Å². The quantitative estimate of drug-likeness (QED) is 0.888. The summed E-state index contributed by atoms with van der Waals surface area (Å²) in [6.45, 7) is 4.16. The monoisotopic (exact) mass is 289 g/mol. The molecule has 114 valence electrons. The lowest BCUT2D eigenvalue weighted by Gasteiger charge is -2.18. The molecular formula is C16H23N3O2. The van der Waals surface area contributed by atoms with Crippen molar-refractivity contribution in [2.45, 2.75) is 32.4 Å². The van der Waals surface area contributed by atoms with Crippen LogP contribution >= 0.6 is 0 Å². The highest BCUT2D eigenvalue weighted by Gasteiger charge is 2.20. The Morgan fingerprint density at radius 3 is 2.33 bits per heavy atom. The first kappa shape index (κ1) is 15.4. The Balaban J connectivity index is 2.22. The highest BCUT2D eigenvalue weighted by atomic mass is 16.5. The number of hydrogen-bond acceptors (Lipinski definition) is 4. The van der Waals surface area contributed by atoms with Gasteiger partial charge in [0.2, 0.25) is 0 Å². The molecule has 5 heteroatoms. The van der Waals surface area contributed by atoms with Gasteiger partial charge in [-0.15, -0.1) is 0 Å². The summed E-state index contributed by atoms with van der Waals surface area (Å²) in [4.78, 5) is 0. The third-order valence-corrected chi connectivity index (χ3v) is 3.47. The van der Waals surface area contributed by atoms with Gasteiger partial charge in [-0.2, -0.15) is 5.10 Å². The molecule has 1 aromatic heterocycles. The molecule has 1 aromatic carbocycles. The van der Waals surface area contributed by atoms with Crippen molar-refractivity contribution >= 4 is 0 Å². The van der Waals surface area contributed by atoms with Crippen molar-refractivity contribution in [3.63, 3.8) is 0 Å². The fraction of sp³-hybridized carbons (Fsp3) is 0.438. The van der Waals surface area contributed by atoms with Gasteiger partial charge in [-0.05, 0) is 38.0 Å². The van der Waals surface area contributed by atoms with E-state index < -0.39 is 0 Å². The zero-order valence-electron chi connectivity index (χ0n) is 13.0. The van der Waals surface area contributed by atoms with Crippen molar-refractivity contribution in [3.05, 3.63) is 41.7 Å². The molecule has 0 fully saturated rings. The van der Waals surface area contributed by atoms with Crippen LogP contribution in [0, 0.1) is 0 Å². The number of methoxy groups -OCH3 is 2. The van der Waals surface area contributed by atoms with Crippen LogP contribution in [0.15, 0.2) is 30.5 Å². The molecule has 1 unspecified atom stereocenters. The number of benzene rings is 1. The molecule has 0 radical (unpaired) electrons. The van der Waals surface area contributed by atoms with E-state index in [9.17, 15) is 0 Å². The first-order chi connectivity index (χ1) is 10.1. The third-order valence-electron chi connectivity index (χ3n) is 3.47. The molecule has 1 heterocycles. The van der Waals surface area contributed by atoms with E-state index in [1.54, 1.807) is 20.4 Å². The Kier molecular flexibility index (Phi) is 4.85. The second-order valence-electron chi connectivity index (χ2n) is 5.30. The second-order valence-corrected chi connectivity index (χ2v) is 5.30. The molecule has 0 amide bonds. The van der Waals surface area contributed by atoms with Crippen molar-refractivity contribution in [1.82, 2.24) is 9.78 Å². The van der Waals surface area contributed by atoms with Gasteiger partial charge in [0.1, 0.15) is 5.75 Å². The van der Waals surface area contributed by atoms with Crippen molar-refractivity contribution in [1.29, 1.82) is 0 Å². The number of nitrogens with two attached hydrogens (primary N) is 1. The summed E-state index contributed by atoms with van der Waals surface area (Å²) in [5, 5.41) is 4.37. The maximum Gasteiger partial charge on any atom is 0.161 e. The van der Waals surface area contributed by atoms with Crippen LogP contribution < -0.4 is 15.2 Å². The van der Waals surface area contributed by atoms with Gasteiger partial charge >= 0.3 is 0 Å². The van der Waals surface area contributed by atoms with Crippen molar-refractivity contribution in [2.24, 2.45) is 5.73 Å². The Labute approximate surface area is 125 Å². The minimum absolute atomic E-state index is 0.168. The average Bonchev–Trinajstić information content (AvgIpc) is 2.92. The predicted octanol–water partition coefficient (Wildman–Crippen LogP) is 2.72. The molecule has 5 nitrogen and oxygen atoms in total.